The van der Waals surface area contributed by atoms with Gasteiger partial charge in [0.15, 0.2) is 0 Å². The molecule has 4 fully saturated rings. The van der Waals surface area contributed by atoms with Gasteiger partial charge in [-0.3, -0.25) is 4.79 Å². The number of esters is 1. The van der Waals surface area contributed by atoms with Gasteiger partial charge in [-0.05, 0) is 89.4 Å². The van der Waals surface area contributed by atoms with Crippen molar-refractivity contribution in [3.05, 3.63) is 0 Å². The molecule has 0 spiro atoms. The molecule has 0 saturated heterocycles. The summed E-state index contributed by atoms with van der Waals surface area (Å²) in [5, 5.41) is 0. The summed E-state index contributed by atoms with van der Waals surface area (Å²) in [5.74, 6) is 3.04. The fourth-order valence-corrected chi connectivity index (χ4v) is 6.03. The van der Waals surface area contributed by atoms with Crippen LogP contribution in [-0.2, 0) is 9.53 Å². The van der Waals surface area contributed by atoms with Gasteiger partial charge >= 0.3 is 5.97 Å². The molecule has 1 atom stereocenters. The van der Waals surface area contributed by atoms with Crippen LogP contribution in [0.3, 0.4) is 0 Å². The highest BCUT2D eigenvalue weighted by Crippen LogP contribution is 2.65. The summed E-state index contributed by atoms with van der Waals surface area (Å²) in [6.07, 6.45) is 8.99. The van der Waals surface area contributed by atoms with Crippen LogP contribution >= 0.6 is 0 Å². The highest BCUT2D eigenvalue weighted by Gasteiger charge is 2.61. The van der Waals surface area contributed by atoms with Crippen LogP contribution < -0.4 is 0 Å². The van der Waals surface area contributed by atoms with E-state index in [0.29, 0.717) is 5.92 Å². The van der Waals surface area contributed by atoms with Crippen LogP contribution in [0, 0.1) is 34.5 Å². The second kappa shape index (κ2) is 5.49. The van der Waals surface area contributed by atoms with Crippen LogP contribution in [0.25, 0.3) is 0 Å². The van der Waals surface area contributed by atoms with Gasteiger partial charge in [-0.15, -0.1) is 0 Å². The van der Waals surface area contributed by atoms with E-state index in [2.05, 4.69) is 27.7 Å². The molecule has 23 heavy (non-hydrogen) atoms. The Morgan fingerprint density at radius 3 is 1.83 bits per heavy atom. The van der Waals surface area contributed by atoms with Crippen molar-refractivity contribution in [2.75, 3.05) is 0 Å². The first-order valence-corrected chi connectivity index (χ1v) is 9.85. The lowest BCUT2D eigenvalue weighted by Crippen LogP contribution is -2.61. The third-order valence-corrected chi connectivity index (χ3v) is 7.93. The summed E-state index contributed by atoms with van der Waals surface area (Å²) >= 11 is 0. The van der Waals surface area contributed by atoms with Gasteiger partial charge in [0, 0.05) is 5.41 Å². The third-order valence-electron chi connectivity index (χ3n) is 7.93. The minimum atomic E-state index is -0.377. The van der Waals surface area contributed by atoms with E-state index in [9.17, 15) is 4.79 Å². The molecule has 4 bridgehead atoms. The Labute approximate surface area is 142 Å². The molecule has 0 heterocycles. The minimum absolute atomic E-state index is 0.00643. The number of carbonyl (C=O) groups is 1. The molecule has 2 nitrogen and oxygen atoms in total. The lowest BCUT2D eigenvalue weighted by Gasteiger charge is -2.63. The number of rotatable bonds is 5. The highest BCUT2D eigenvalue weighted by atomic mass is 16.6. The summed E-state index contributed by atoms with van der Waals surface area (Å²) in [5.41, 5.74) is -0.458. The van der Waals surface area contributed by atoms with Gasteiger partial charge in [0.2, 0.25) is 0 Å². The van der Waals surface area contributed by atoms with Gasteiger partial charge in [-0.25, -0.2) is 0 Å². The van der Waals surface area contributed by atoms with Gasteiger partial charge in [-0.2, -0.15) is 0 Å². The minimum Gasteiger partial charge on any atom is -0.458 e. The molecular formula is C21H36O2. The van der Waals surface area contributed by atoms with Gasteiger partial charge in [0.1, 0.15) is 5.60 Å². The van der Waals surface area contributed by atoms with Gasteiger partial charge in [0.05, 0.1) is 5.41 Å². The molecule has 4 aliphatic carbocycles. The average molecular weight is 321 g/mol. The van der Waals surface area contributed by atoms with Crippen LogP contribution in [0.1, 0.15) is 86.5 Å². The lowest BCUT2D eigenvalue weighted by molar-refractivity contribution is -0.223. The van der Waals surface area contributed by atoms with Crippen molar-refractivity contribution in [3.63, 3.8) is 0 Å². The topological polar surface area (TPSA) is 26.3 Å². The van der Waals surface area contributed by atoms with E-state index < -0.39 is 0 Å². The Morgan fingerprint density at radius 2 is 1.48 bits per heavy atom. The smallest absolute Gasteiger partial charge is 0.312 e. The van der Waals surface area contributed by atoms with Crippen molar-refractivity contribution in [1.82, 2.24) is 0 Å². The maximum absolute atomic E-state index is 12.9. The normalized spacial score (nSPS) is 38.7. The van der Waals surface area contributed by atoms with Crippen LogP contribution in [0.4, 0.5) is 0 Å². The Bertz CT molecular complexity index is 441. The zero-order valence-electron chi connectivity index (χ0n) is 16.1. The van der Waals surface area contributed by atoms with E-state index in [1.54, 1.807) is 0 Å². The van der Waals surface area contributed by atoms with Crippen LogP contribution in [0.2, 0.25) is 0 Å². The molecule has 0 N–H and O–H groups in total. The quantitative estimate of drug-likeness (QED) is 0.617. The molecule has 0 amide bonds. The van der Waals surface area contributed by atoms with E-state index in [-0.39, 0.29) is 22.4 Å². The average Bonchev–Trinajstić information content (AvgIpc) is 2.45. The maximum Gasteiger partial charge on any atom is 0.312 e. The first kappa shape index (κ1) is 17.3. The largest absolute Gasteiger partial charge is 0.458 e. The fraction of sp³-hybridized carbons (Fsp3) is 0.952. The molecule has 0 aromatic carbocycles. The van der Waals surface area contributed by atoms with E-state index in [0.717, 1.165) is 24.2 Å². The van der Waals surface area contributed by atoms with E-state index in [1.165, 1.54) is 38.5 Å². The van der Waals surface area contributed by atoms with Crippen molar-refractivity contribution >= 4 is 5.97 Å². The van der Waals surface area contributed by atoms with Crippen molar-refractivity contribution in [2.45, 2.75) is 92.1 Å². The molecule has 4 saturated carbocycles. The summed E-state index contributed by atoms with van der Waals surface area (Å²) in [7, 11) is 0. The molecule has 1 unspecified atom stereocenters. The second-order valence-corrected chi connectivity index (χ2v) is 10.1. The molecule has 0 aromatic heterocycles. The Hall–Kier alpha value is -0.530. The molecule has 0 aromatic rings. The van der Waals surface area contributed by atoms with Crippen molar-refractivity contribution in [1.29, 1.82) is 0 Å². The zero-order valence-corrected chi connectivity index (χ0v) is 16.1. The summed E-state index contributed by atoms with van der Waals surface area (Å²) in [4.78, 5) is 12.9. The zero-order chi connectivity index (χ0) is 17.0. The number of hydrogen-bond donors (Lipinski definition) is 0. The molecule has 0 radical (unpaired) electrons. The second-order valence-electron chi connectivity index (χ2n) is 10.1. The monoisotopic (exact) mass is 320 g/mol. The number of carbonyl (C=O) groups excluding carboxylic acids is 1. The van der Waals surface area contributed by atoms with E-state index in [1.807, 2.05) is 13.8 Å². The first-order chi connectivity index (χ1) is 10.6. The lowest BCUT2D eigenvalue weighted by atomic mass is 9.44. The molecule has 0 aliphatic heterocycles. The van der Waals surface area contributed by atoms with Gasteiger partial charge in [-0.1, -0.05) is 20.8 Å². The predicted molar refractivity (Wildman–Crippen MR) is 94.0 cm³/mol. The van der Waals surface area contributed by atoms with Crippen molar-refractivity contribution < 1.29 is 9.53 Å². The number of hydrogen-bond acceptors (Lipinski definition) is 2. The molecule has 132 valence electrons. The molecule has 2 heteroatoms. The van der Waals surface area contributed by atoms with Crippen LogP contribution in [0.15, 0.2) is 0 Å². The van der Waals surface area contributed by atoms with Gasteiger partial charge < -0.3 is 4.74 Å². The van der Waals surface area contributed by atoms with E-state index >= 15 is 0 Å². The molecular weight excluding hydrogens is 284 g/mol. The summed E-state index contributed by atoms with van der Waals surface area (Å²) < 4.78 is 6.40. The summed E-state index contributed by atoms with van der Waals surface area (Å²) in [6, 6.07) is 0. The summed E-state index contributed by atoms with van der Waals surface area (Å²) in [6.45, 7) is 12.9. The van der Waals surface area contributed by atoms with Gasteiger partial charge in [0.25, 0.3) is 0 Å². The van der Waals surface area contributed by atoms with Crippen molar-refractivity contribution in [2.24, 2.45) is 34.5 Å². The highest BCUT2D eigenvalue weighted by molar-refractivity contribution is 5.76. The first-order valence-electron chi connectivity index (χ1n) is 9.85. The van der Waals surface area contributed by atoms with Crippen molar-refractivity contribution in [3.8, 4) is 0 Å². The Kier molecular flexibility index (Phi) is 4.13. The SMILES string of the molecule is CCC(C)(C)C(=O)OC(C)(C(C)C)C12CC3CC(CC(C3)C1)C2. The number of ether oxygens (including phenoxy) is 1. The Balaban J connectivity index is 1.90. The third kappa shape index (κ3) is 2.65. The standard InChI is InChI=1S/C21H36O2/c1-7-19(4,5)18(22)23-20(6,14(2)3)21-11-15-8-16(12-21)10-17(9-15)13-21/h14-17H,7-13H2,1-6H3. The van der Waals surface area contributed by atoms with Crippen LogP contribution in [0.5, 0.6) is 0 Å². The molecule has 4 rings (SSSR count). The fourth-order valence-electron chi connectivity index (χ4n) is 6.03. The molecule has 4 aliphatic rings. The predicted octanol–water partition coefficient (Wildman–Crippen LogP) is 5.60. The Morgan fingerprint density at radius 1 is 1.04 bits per heavy atom. The van der Waals surface area contributed by atoms with E-state index in [4.69, 9.17) is 4.74 Å². The maximum atomic E-state index is 12.9. The van der Waals surface area contributed by atoms with Crippen LogP contribution in [-0.4, -0.2) is 11.6 Å².